The molecule has 0 bridgehead atoms. The van der Waals surface area contributed by atoms with E-state index in [0.29, 0.717) is 5.56 Å². The topological polar surface area (TPSA) is 187 Å². The molecule has 10 nitrogen and oxygen atoms in total. The second kappa shape index (κ2) is 6.96. The summed E-state index contributed by atoms with van der Waals surface area (Å²) in [5.74, 6) is -7.19. The van der Waals surface area contributed by atoms with Crippen LogP contribution in [0.3, 0.4) is 0 Å². The van der Waals surface area contributed by atoms with Gasteiger partial charge in [0, 0.05) is 11.5 Å². The summed E-state index contributed by atoms with van der Waals surface area (Å²) in [6, 6.07) is 0.417. The van der Waals surface area contributed by atoms with E-state index in [-0.39, 0.29) is 34.7 Å². The molecule has 0 aromatic heterocycles. The van der Waals surface area contributed by atoms with E-state index in [1.54, 1.807) is 14.1 Å². The molecule has 32 heavy (non-hydrogen) atoms. The van der Waals surface area contributed by atoms with Crippen molar-refractivity contribution < 1.29 is 34.8 Å². The van der Waals surface area contributed by atoms with Crippen molar-refractivity contribution in [2.24, 2.45) is 17.6 Å². The summed E-state index contributed by atoms with van der Waals surface area (Å²) in [4.78, 5) is 39.8. The maximum absolute atomic E-state index is 13.3. The third-order valence-corrected chi connectivity index (χ3v) is 7.01. The number of fused-ring (bicyclic) bond motifs is 3. The number of carbonyl (C=O) groups excluding carboxylic acids is 3. The lowest BCUT2D eigenvalue weighted by Gasteiger charge is -2.50. The Balaban J connectivity index is 1.98. The fourth-order valence-electron chi connectivity index (χ4n) is 5.29. The van der Waals surface area contributed by atoms with Crippen LogP contribution >= 0.6 is 11.6 Å². The Hall–Kier alpha value is -3.08. The van der Waals surface area contributed by atoms with Crippen molar-refractivity contribution in [3.8, 4) is 5.75 Å². The van der Waals surface area contributed by atoms with Gasteiger partial charge in [-0.05, 0) is 44.5 Å². The van der Waals surface area contributed by atoms with Gasteiger partial charge in [0.25, 0.3) is 5.91 Å². The number of nitrogens with two attached hydrogens (primary N) is 2. The first-order valence-corrected chi connectivity index (χ1v) is 10.2. The van der Waals surface area contributed by atoms with E-state index in [9.17, 15) is 34.8 Å². The molecule has 4 atom stereocenters. The summed E-state index contributed by atoms with van der Waals surface area (Å²) in [5.41, 5.74) is 7.26. The fraction of sp³-hybridized carbons (Fsp3) is 0.381. The summed E-state index contributed by atoms with van der Waals surface area (Å²) < 4.78 is 0. The molecule has 0 saturated heterocycles. The van der Waals surface area contributed by atoms with Crippen LogP contribution < -0.4 is 11.5 Å². The molecule has 170 valence electrons. The Morgan fingerprint density at radius 3 is 2.44 bits per heavy atom. The molecular weight excluding hydrogens is 442 g/mol. The van der Waals surface area contributed by atoms with Gasteiger partial charge in [0.1, 0.15) is 17.1 Å². The van der Waals surface area contributed by atoms with E-state index in [1.165, 1.54) is 11.0 Å². The number of aliphatic hydroxyl groups excluding tert-OH is 2. The molecule has 0 radical (unpaired) electrons. The van der Waals surface area contributed by atoms with Crippen LogP contribution in [0, 0.1) is 11.8 Å². The van der Waals surface area contributed by atoms with Crippen molar-refractivity contribution in [1.82, 2.24) is 4.90 Å². The van der Waals surface area contributed by atoms with Gasteiger partial charge in [-0.2, -0.15) is 0 Å². The van der Waals surface area contributed by atoms with E-state index in [4.69, 9.17) is 23.1 Å². The molecule has 0 fully saturated rings. The molecule has 11 heteroatoms. The summed E-state index contributed by atoms with van der Waals surface area (Å²) >= 11 is 6.05. The highest BCUT2D eigenvalue weighted by atomic mass is 35.5. The number of halogens is 1. The van der Waals surface area contributed by atoms with E-state index >= 15 is 0 Å². The molecule has 0 heterocycles. The number of rotatable bonds is 2. The number of ketones is 2. The summed E-state index contributed by atoms with van der Waals surface area (Å²) in [6.07, 6.45) is 0.163. The molecule has 3 aliphatic carbocycles. The lowest BCUT2D eigenvalue weighted by atomic mass is 9.58. The monoisotopic (exact) mass is 463 g/mol. The van der Waals surface area contributed by atoms with Crippen molar-refractivity contribution >= 4 is 34.8 Å². The predicted octanol–water partition coefficient (Wildman–Crippen LogP) is 0.356. The number of benzene rings is 1. The van der Waals surface area contributed by atoms with Gasteiger partial charge < -0.3 is 31.9 Å². The number of phenolic OH excluding ortho intramolecular Hbond substituents is 1. The van der Waals surface area contributed by atoms with Gasteiger partial charge in [0.2, 0.25) is 5.78 Å². The van der Waals surface area contributed by atoms with Crippen LogP contribution in [0.4, 0.5) is 5.69 Å². The van der Waals surface area contributed by atoms with Gasteiger partial charge >= 0.3 is 0 Å². The smallest absolute Gasteiger partial charge is 0.255 e. The zero-order chi connectivity index (χ0) is 23.9. The maximum atomic E-state index is 13.3. The third kappa shape index (κ3) is 2.63. The van der Waals surface area contributed by atoms with Gasteiger partial charge in [0.05, 0.1) is 22.3 Å². The molecule has 1 aromatic carbocycles. The number of hydrogen-bond donors (Lipinski definition) is 6. The molecule has 0 aliphatic heterocycles. The number of likely N-dealkylation sites (N-methyl/N-ethyl adjacent to an activating group) is 1. The number of nitrogens with zero attached hydrogens (tertiary/aromatic N) is 1. The number of primary amides is 1. The number of aliphatic hydroxyl groups is 3. The summed E-state index contributed by atoms with van der Waals surface area (Å²) in [7, 11) is 3.13. The van der Waals surface area contributed by atoms with E-state index in [1.807, 2.05) is 0 Å². The number of aromatic hydroxyl groups is 1. The third-order valence-electron chi connectivity index (χ3n) is 6.70. The zero-order valence-electron chi connectivity index (χ0n) is 17.2. The van der Waals surface area contributed by atoms with E-state index in [0.717, 1.165) is 0 Å². The largest absolute Gasteiger partial charge is 0.510 e. The standard InChI is InChI=1S/C21H22ClN3O7/c1-25(2)14-8-4-6-3-7-5-9(22)13(23)16(27)10(7)15(26)11(6)18(29)21(8,32)19(30)12(17(14)28)20(24)31/h5-6,8,14,27-29,32H,3-4,23H2,1-2H3,(H2,24,31). The minimum atomic E-state index is -2.67. The first kappa shape index (κ1) is 22.1. The highest BCUT2D eigenvalue weighted by molar-refractivity contribution is 6.34. The number of carbonyl (C=O) groups is 3. The molecule has 3 aliphatic rings. The Kier molecular flexibility index (Phi) is 4.81. The van der Waals surface area contributed by atoms with Gasteiger partial charge in [-0.3, -0.25) is 19.3 Å². The Morgan fingerprint density at radius 1 is 1.25 bits per heavy atom. The highest BCUT2D eigenvalue weighted by Gasteiger charge is 2.63. The second-order valence-electron chi connectivity index (χ2n) is 8.62. The lowest BCUT2D eigenvalue weighted by molar-refractivity contribution is -0.148. The van der Waals surface area contributed by atoms with Crippen LogP contribution in [0.15, 0.2) is 28.7 Å². The number of allylic oxidation sites excluding steroid dienone is 1. The minimum Gasteiger partial charge on any atom is -0.510 e. The van der Waals surface area contributed by atoms with Crippen molar-refractivity contribution in [3.63, 3.8) is 0 Å². The SMILES string of the molecule is CN(C)C1C(O)=C(C(N)=O)C(=O)C2(O)C(O)=C3C(=O)c4c(cc(Cl)c(N)c4O)CC3CC12. The Bertz CT molecular complexity index is 1170. The number of Topliss-reactive ketones (excluding diaryl/α,β-unsaturated/α-hetero) is 2. The fourth-order valence-corrected chi connectivity index (χ4v) is 5.51. The van der Waals surface area contributed by atoms with Gasteiger partial charge in [-0.25, -0.2) is 0 Å². The van der Waals surface area contributed by atoms with Crippen LogP contribution in [0.1, 0.15) is 22.3 Å². The first-order valence-electron chi connectivity index (χ1n) is 9.78. The van der Waals surface area contributed by atoms with Gasteiger partial charge in [-0.15, -0.1) is 0 Å². The maximum Gasteiger partial charge on any atom is 0.255 e. The average molecular weight is 464 g/mol. The van der Waals surface area contributed by atoms with Crippen molar-refractivity contribution in [2.45, 2.75) is 24.5 Å². The van der Waals surface area contributed by atoms with Crippen molar-refractivity contribution in [2.75, 3.05) is 19.8 Å². The van der Waals surface area contributed by atoms with E-state index < -0.39 is 63.8 Å². The van der Waals surface area contributed by atoms with Crippen LogP contribution in [0.2, 0.25) is 5.02 Å². The van der Waals surface area contributed by atoms with Crippen LogP contribution in [-0.4, -0.2) is 68.5 Å². The molecule has 0 saturated carbocycles. The molecular formula is C21H22ClN3O7. The number of amides is 1. The summed E-state index contributed by atoms with van der Waals surface area (Å²) in [6.45, 7) is 0. The first-order chi connectivity index (χ1) is 14.8. The normalized spacial score (nSPS) is 29.7. The zero-order valence-corrected chi connectivity index (χ0v) is 18.0. The number of nitrogen functional groups attached to an aromatic ring is 1. The van der Waals surface area contributed by atoms with Gasteiger partial charge in [-0.1, -0.05) is 11.6 Å². The minimum absolute atomic E-state index is 0.00845. The van der Waals surface area contributed by atoms with Crippen molar-refractivity contribution in [1.29, 1.82) is 0 Å². The van der Waals surface area contributed by atoms with Crippen LogP contribution in [-0.2, 0) is 16.0 Å². The van der Waals surface area contributed by atoms with Crippen LogP contribution in [0.25, 0.3) is 0 Å². The Labute approximate surface area is 187 Å². The number of hydrogen-bond acceptors (Lipinski definition) is 9. The number of phenols is 1. The average Bonchev–Trinajstić information content (AvgIpc) is 2.68. The van der Waals surface area contributed by atoms with Gasteiger partial charge in [0.15, 0.2) is 17.1 Å². The quantitative estimate of drug-likeness (QED) is 0.204. The lowest BCUT2D eigenvalue weighted by Crippen LogP contribution is -2.63. The summed E-state index contributed by atoms with van der Waals surface area (Å²) in [5, 5.41) is 43.7. The molecule has 1 aromatic rings. The second-order valence-corrected chi connectivity index (χ2v) is 9.03. The molecule has 4 rings (SSSR count). The van der Waals surface area contributed by atoms with Crippen molar-refractivity contribution in [3.05, 3.63) is 44.9 Å². The van der Waals surface area contributed by atoms with Crippen LogP contribution in [0.5, 0.6) is 5.75 Å². The molecule has 8 N–H and O–H groups in total. The Morgan fingerprint density at radius 2 is 1.88 bits per heavy atom. The van der Waals surface area contributed by atoms with E-state index in [2.05, 4.69) is 0 Å². The molecule has 4 unspecified atom stereocenters. The highest BCUT2D eigenvalue weighted by Crippen LogP contribution is 2.53. The molecule has 1 amide bonds. The number of anilines is 1. The molecule has 0 spiro atoms. The predicted molar refractivity (Wildman–Crippen MR) is 113 cm³/mol.